The minimum absolute atomic E-state index is 0.0942. The molecule has 1 aromatic carbocycles. The van der Waals surface area contributed by atoms with E-state index in [1.54, 1.807) is 6.92 Å². The maximum atomic E-state index is 13.5. The summed E-state index contributed by atoms with van der Waals surface area (Å²) in [5.41, 5.74) is 0.197. The standard InChI is InChI=1S/C24H30F4N2O4/c1-11-16(23(2,3)4)10-15(21(32)24(26,27)28)20(34-5)18(11)30-22(33)29-17-8-12-6-7-13(25)9-14(12)19(17)31/h6-7,9-11,16-17,19,21,31-32H,8H2,1-5H3,(H2,29,30,33)/t11?,16?,17-,19+,21-/m1/s1. The van der Waals surface area contributed by atoms with Gasteiger partial charge in [-0.05, 0) is 41.0 Å². The van der Waals surface area contributed by atoms with Crippen molar-refractivity contribution in [2.24, 2.45) is 17.3 Å². The normalized spacial score (nSPS) is 26.0. The molecular weight excluding hydrogens is 456 g/mol. The molecule has 0 heterocycles. The van der Waals surface area contributed by atoms with Crippen LogP contribution >= 0.6 is 0 Å². The van der Waals surface area contributed by atoms with E-state index in [0.717, 1.165) is 0 Å². The second kappa shape index (κ2) is 9.22. The van der Waals surface area contributed by atoms with Crippen LogP contribution in [0.3, 0.4) is 0 Å². The molecule has 4 N–H and O–H groups in total. The molecule has 34 heavy (non-hydrogen) atoms. The number of methoxy groups -OCH3 is 1. The number of fused-ring (bicyclic) bond motifs is 1. The van der Waals surface area contributed by atoms with Gasteiger partial charge in [0.25, 0.3) is 0 Å². The Morgan fingerprint density at radius 2 is 1.88 bits per heavy atom. The van der Waals surface area contributed by atoms with Crippen LogP contribution in [0.4, 0.5) is 22.4 Å². The summed E-state index contributed by atoms with van der Waals surface area (Å²) >= 11 is 0. The summed E-state index contributed by atoms with van der Waals surface area (Å²) < 4.78 is 59.0. The van der Waals surface area contributed by atoms with E-state index in [2.05, 4.69) is 10.6 Å². The Kier molecular flexibility index (Phi) is 7.06. The molecule has 10 heteroatoms. The van der Waals surface area contributed by atoms with Crippen molar-refractivity contribution < 1.29 is 37.3 Å². The van der Waals surface area contributed by atoms with Crippen molar-refractivity contribution in [3.05, 3.63) is 58.2 Å². The number of halogens is 4. The van der Waals surface area contributed by atoms with Crippen molar-refractivity contribution in [3.8, 4) is 0 Å². The fourth-order valence-corrected chi connectivity index (χ4v) is 4.79. The van der Waals surface area contributed by atoms with Crippen LogP contribution in [0.2, 0.25) is 0 Å². The molecule has 2 unspecified atom stereocenters. The molecule has 0 fully saturated rings. The van der Waals surface area contributed by atoms with Crippen molar-refractivity contribution in [2.45, 2.75) is 58.5 Å². The third-order valence-electron chi connectivity index (χ3n) is 6.48. The van der Waals surface area contributed by atoms with Gasteiger partial charge in [0, 0.05) is 11.5 Å². The van der Waals surface area contributed by atoms with Crippen molar-refractivity contribution >= 4 is 6.03 Å². The van der Waals surface area contributed by atoms with Crippen LogP contribution in [-0.2, 0) is 11.2 Å². The predicted octanol–water partition coefficient (Wildman–Crippen LogP) is 4.10. The quantitative estimate of drug-likeness (QED) is 0.483. The summed E-state index contributed by atoms with van der Waals surface area (Å²) in [5.74, 6) is -1.68. The number of carbonyl (C=O) groups excluding carboxylic acids is 1. The van der Waals surface area contributed by atoms with Crippen LogP contribution in [0.1, 0.15) is 44.9 Å². The number of aliphatic hydroxyl groups is 2. The molecule has 3 rings (SSSR count). The van der Waals surface area contributed by atoms with Crippen molar-refractivity contribution in [1.29, 1.82) is 0 Å². The van der Waals surface area contributed by atoms with E-state index in [1.807, 2.05) is 20.8 Å². The Bertz CT molecular complexity index is 1010. The second-order valence-electron chi connectivity index (χ2n) is 9.89. The SMILES string of the molecule is COC1=C(NC(=O)N[C@@H]2Cc3ccc(F)cc3[C@@H]2O)C(C)C(C(C)(C)C)C=C1[C@@H](O)C(F)(F)F. The molecule has 0 bridgehead atoms. The number of rotatable bonds is 4. The Balaban J connectivity index is 1.89. The van der Waals surface area contributed by atoms with Crippen LogP contribution in [0.15, 0.2) is 41.3 Å². The third kappa shape index (κ3) is 5.07. The van der Waals surface area contributed by atoms with Gasteiger partial charge in [0.15, 0.2) is 6.10 Å². The fourth-order valence-electron chi connectivity index (χ4n) is 4.79. The third-order valence-corrected chi connectivity index (χ3v) is 6.48. The summed E-state index contributed by atoms with van der Waals surface area (Å²) in [7, 11) is 1.17. The maximum Gasteiger partial charge on any atom is 0.418 e. The van der Waals surface area contributed by atoms with Gasteiger partial charge in [0.05, 0.1) is 25.0 Å². The number of alkyl halides is 3. The summed E-state index contributed by atoms with van der Waals surface area (Å²) in [6.07, 6.45) is -7.24. The van der Waals surface area contributed by atoms with Gasteiger partial charge in [-0.15, -0.1) is 0 Å². The highest BCUT2D eigenvalue weighted by molar-refractivity contribution is 5.77. The zero-order valence-electron chi connectivity index (χ0n) is 19.6. The van der Waals surface area contributed by atoms with E-state index in [9.17, 15) is 32.6 Å². The van der Waals surface area contributed by atoms with Gasteiger partial charge >= 0.3 is 12.2 Å². The van der Waals surface area contributed by atoms with E-state index in [4.69, 9.17) is 4.74 Å². The molecule has 0 aromatic heterocycles. The van der Waals surface area contributed by atoms with Crippen LogP contribution in [0.25, 0.3) is 0 Å². The zero-order valence-corrected chi connectivity index (χ0v) is 19.6. The molecule has 2 aliphatic carbocycles. The van der Waals surface area contributed by atoms with Crippen LogP contribution in [0.5, 0.6) is 0 Å². The number of benzene rings is 1. The molecule has 2 aliphatic rings. The molecular formula is C24H30F4N2O4. The lowest BCUT2D eigenvalue weighted by Crippen LogP contribution is -2.47. The lowest BCUT2D eigenvalue weighted by molar-refractivity contribution is -0.192. The first-order valence-corrected chi connectivity index (χ1v) is 10.9. The zero-order chi connectivity index (χ0) is 25.6. The molecule has 0 aliphatic heterocycles. The van der Waals surface area contributed by atoms with Crippen LogP contribution in [-0.4, -0.2) is 41.7 Å². The Labute approximate surface area is 195 Å². The topological polar surface area (TPSA) is 90.8 Å². The minimum Gasteiger partial charge on any atom is -0.495 e. The van der Waals surface area contributed by atoms with Gasteiger partial charge in [-0.25, -0.2) is 9.18 Å². The van der Waals surface area contributed by atoms with E-state index in [1.165, 1.54) is 31.4 Å². The molecule has 2 amide bonds. The first kappa shape index (κ1) is 26.0. The van der Waals surface area contributed by atoms with Gasteiger partial charge in [0.2, 0.25) is 0 Å². The van der Waals surface area contributed by atoms with Gasteiger partial charge in [0.1, 0.15) is 11.6 Å². The number of aliphatic hydroxyl groups excluding tert-OH is 2. The molecule has 0 radical (unpaired) electrons. The molecule has 0 saturated carbocycles. The first-order valence-electron chi connectivity index (χ1n) is 10.9. The minimum atomic E-state index is -4.93. The predicted molar refractivity (Wildman–Crippen MR) is 117 cm³/mol. The van der Waals surface area contributed by atoms with Crippen LogP contribution in [0, 0.1) is 23.1 Å². The average Bonchev–Trinajstić information content (AvgIpc) is 3.02. The smallest absolute Gasteiger partial charge is 0.418 e. The van der Waals surface area contributed by atoms with E-state index in [0.29, 0.717) is 11.1 Å². The number of allylic oxidation sites excluding steroid dienone is 2. The number of urea groups is 1. The summed E-state index contributed by atoms with van der Waals surface area (Å²) in [4.78, 5) is 12.9. The van der Waals surface area contributed by atoms with Gasteiger partial charge in [-0.3, -0.25) is 0 Å². The van der Waals surface area contributed by atoms with E-state index >= 15 is 0 Å². The number of carbonyl (C=O) groups is 1. The van der Waals surface area contributed by atoms with Gasteiger partial charge in [-0.1, -0.05) is 39.8 Å². The summed E-state index contributed by atoms with van der Waals surface area (Å²) in [5, 5.41) is 25.7. The summed E-state index contributed by atoms with van der Waals surface area (Å²) in [6, 6.07) is 2.49. The van der Waals surface area contributed by atoms with E-state index < -0.39 is 59.1 Å². The lowest BCUT2D eigenvalue weighted by Gasteiger charge is -2.40. The Hall–Kier alpha value is -2.59. The highest BCUT2D eigenvalue weighted by Gasteiger charge is 2.47. The molecule has 0 spiro atoms. The largest absolute Gasteiger partial charge is 0.495 e. The molecule has 0 saturated heterocycles. The number of amides is 2. The molecule has 188 valence electrons. The molecule has 6 nitrogen and oxygen atoms in total. The monoisotopic (exact) mass is 486 g/mol. The summed E-state index contributed by atoms with van der Waals surface area (Å²) in [6.45, 7) is 7.30. The van der Waals surface area contributed by atoms with Crippen molar-refractivity contribution in [2.75, 3.05) is 7.11 Å². The fraction of sp³-hybridized carbons (Fsp3) is 0.542. The number of nitrogens with one attached hydrogen (secondary N) is 2. The first-order chi connectivity index (χ1) is 15.6. The number of hydrogen-bond donors (Lipinski definition) is 4. The number of ether oxygens (including phenoxy) is 1. The van der Waals surface area contributed by atoms with Crippen molar-refractivity contribution in [1.82, 2.24) is 10.6 Å². The Morgan fingerprint density at radius 1 is 1.24 bits per heavy atom. The Morgan fingerprint density at radius 3 is 2.44 bits per heavy atom. The highest BCUT2D eigenvalue weighted by Crippen LogP contribution is 2.45. The average molecular weight is 487 g/mol. The molecule has 1 aromatic rings. The second-order valence-corrected chi connectivity index (χ2v) is 9.89. The highest BCUT2D eigenvalue weighted by atomic mass is 19.4. The number of hydrogen-bond acceptors (Lipinski definition) is 4. The van der Waals surface area contributed by atoms with Gasteiger partial charge in [-0.2, -0.15) is 13.2 Å². The molecule has 5 atom stereocenters. The maximum absolute atomic E-state index is 13.5. The van der Waals surface area contributed by atoms with Crippen LogP contribution < -0.4 is 10.6 Å². The van der Waals surface area contributed by atoms with Gasteiger partial charge < -0.3 is 25.6 Å². The lowest BCUT2D eigenvalue weighted by atomic mass is 9.68. The van der Waals surface area contributed by atoms with E-state index in [-0.39, 0.29) is 17.9 Å². The van der Waals surface area contributed by atoms with Crippen molar-refractivity contribution in [3.63, 3.8) is 0 Å².